The van der Waals surface area contributed by atoms with Gasteiger partial charge in [-0.15, -0.1) is 0 Å². The quantitative estimate of drug-likeness (QED) is 0.642. The Morgan fingerprint density at radius 3 is 2.17 bits per heavy atom. The van der Waals surface area contributed by atoms with Crippen molar-refractivity contribution >= 4 is 0 Å². The van der Waals surface area contributed by atoms with E-state index in [1.165, 1.54) is 0 Å². The summed E-state index contributed by atoms with van der Waals surface area (Å²) < 4.78 is 0. The summed E-state index contributed by atoms with van der Waals surface area (Å²) in [7, 11) is 0. The maximum Gasteiger partial charge on any atom is 0.0926 e. The highest BCUT2D eigenvalue weighted by molar-refractivity contribution is 4.96. The zero-order chi connectivity index (χ0) is 9.98. The van der Waals surface area contributed by atoms with Gasteiger partial charge < -0.3 is 10.8 Å². The average Bonchev–Trinajstić information content (AvgIpc) is 2.11. The van der Waals surface area contributed by atoms with E-state index >= 15 is 0 Å². The van der Waals surface area contributed by atoms with Crippen molar-refractivity contribution < 1.29 is 5.11 Å². The predicted octanol–water partition coefficient (Wildman–Crippen LogP) is 2.85. The lowest BCUT2D eigenvalue weighted by Crippen LogP contribution is -2.15. The van der Waals surface area contributed by atoms with Gasteiger partial charge in [0.25, 0.3) is 0 Å². The summed E-state index contributed by atoms with van der Waals surface area (Å²) in [6.45, 7) is 8.57. The fourth-order valence-electron chi connectivity index (χ4n) is 0.872. The van der Waals surface area contributed by atoms with Crippen molar-refractivity contribution in [3.05, 3.63) is 11.8 Å². The number of aliphatic hydroxyl groups excluding tert-OH is 1. The van der Waals surface area contributed by atoms with Gasteiger partial charge in [0.05, 0.1) is 5.76 Å². The lowest BCUT2D eigenvalue weighted by Gasteiger charge is -2.10. The Labute approximate surface area is 76.5 Å². The van der Waals surface area contributed by atoms with E-state index < -0.39 is 0 Å². The minimum absolute atomic E-state index is 0.167. The normalized spacial score (nSPS) is 13.2. The van der Waals surface area contributed by atoms with Gasteiger partial charge in [-0.1, -0.05) is 27.7 Å². The minimum Gasteiger partial charge on any atom is -0.512 e. The van der Waals surface area contributed by atoms with Crippen LogP contribution in [0.3, 0.4) is 0 Å². The van der Waals surface area contributed by atoms with E-state index in [1.54, 1.807) is 0 Å². The number of rotatable bonds is 4. The van der Waals surface area contributed by atoms with Crippen LogP contribution in [0.25, 0.3) is 0 Å². The first-order valence-electron chi connectivity index (χ1n) is 4.85. The monoisotopic (exact) mass is 173 g/mol. The minimum atomic E-state index is 0.167. The van der Waals surface area contributed by atoms with Gasteiger partial charge in [-0.2, -0.15) is 0 Å². The summed E-state index contributed by atoms with van der Waals surface area (Å²) in [4.78, 5) is 0. The Morgan fingerprint density at radius 2 is 1.92 bits per heavy atom. The second-order valence-electron chi connectivity index (χ2n) is 2.38. The van der Waals surface area contributed by atoms with Gasteiger partial charge in [-0.25, -0.2) is 0 Å². The topological polar surface area (TPSA) is 46.2 Å². The smallest absolute Gasteiger partial charge is 0.0926 e. The molecular weight excluding hydrogens is 150 g/mol. The van der Waals surface area contributed by atoms with Crippen molar-refractivity contribution in [1.29, 1.82) is 0 Å². The third kappa shape index (κ3) is 6.23. The van der Waals surface area contributed by atoms with Gasteiger partial charge in [-0.05, 0) is 18.9 Å². The molecule has 0 aliphatic carbocycles. The van der Waals surface area contributed by atoms with Crippen LogP contribution in [0.1, 0.15) is 40.5 Å². The molecule has 2 heteroatoms. The van der Waals surface area contributed by atoms with E-state index in [4.69, 9.17) is 5.73 Å². The molecular formula is C10H23NO. The Kier molecular flexibility index (Phi) is 12.3. The summed E-state index contributed by atoms with van der Waals surface area (Å²) in [6, 6.07) is 0. The molecule has 0 aromatic heterocycles. The van der Waals surface area contributed by atoms with Gasteiger partial charge in [-0.3, -0.25) is 0 Å². The molecule has 74 valence electrons. The van der Waals surface area contributed by atoms with Crippen molar-refractivity contribution in [2.24, 2.45) is 11.7 Å². The third-order valence-corrected chi connectivity index (χ3v) is 1.61. The fourth-order valence-corrected chi connectivity index (χ4v) is 0.872. The van der Waals surface area contributed by atoms with Crippen LogP contribution in [-0.4, -0.2) is 11.7 Å². The number of nitrogens with two attached hydrogens (primary N) is 1. The number of hydrogen-bond acceptors (Lipinski definition) is 2. The molecule has 0 amide bonds. The van der Waals surface area contributed by atoms with Crippen molar-refractivity contribution in [3.63, 3.8) is 0 Å². The lowest BCUT2D eigenvalue weighted by atomic mass is 10.0. The molecule has 0 rings (SSSR count). The molecule has 0 aromatic rings. The molecule has 0 fully saturated rings. The molecule has 0 aliphatic heterocycles. The van der Waals surface area contributed by atoms with Crippen LogP contribution in [0.2, 0.25) is 0 Å². The first kappa shape index (κ1) is 14.0. The third-order valence-electron chi connectivity index (χ3n) is 1.61. The first-order valence-corrected chi connectivity index (χ1v) is 4.85. The van der Waals surface area contributed by atoms with Crippen LogP contribution in [0.15, 0.2) is 11.8 Å². The molecule has 0 saturated carbocycles. The van der Waals surface area contributed by atoms with Crippen LogP contribution in [0.5, 0.6) is 0 Å². The van der Waals surface area contributed by atoms with E-state index in [0.717, 1.165) is 12.8 Å². The van der Waals surface area contributed by atoms with E-state index in [0.29, 0.717) is 12.3 Å². The van der Waals surface area contributed by atoms with Crippen molar-refractivity contribution in [2.75, 3.05) is 6.54 Å². The molecule has 0 aromatic carbocycles. The number of hydrogen-bond donors (Lipinski definition) is 2. The summed E-state index contributed by atoms with van der Waals surface area (Å²) in [5.74, 6) is 0.618. The van der Waals surface area contributed by atoms with Crippen LogP contribution < -0.4 is 5.73 Å². The Hall–Kier alpha value is -0.500. The predicted molar refractivity (Wildman–Crippen MR) is 55.2 cm³/mol. The lowest BCUT2D eigenvalue weighted by molar-refractivity contribution is 0.325. The molecule has 2 nitrogen and oxygen atoms in total. The second kappa shape index (κ2) is 10.5. The van der Waals surface area contributed by atoms with Crippen LogP contribution in [0.4, 0.5) is 0 Å². The van der Waals surface area contributed by atoms with Crippen molar-refractivity contribution in [2.45, 2.75) is 40.5 Å². The van der Waals surface area contributed by atoms with Gasteiger partial charge in [0.2, 0.25) is 0 Å². The molecule has 0 spiro atoms. The Morgan fingerprint density at radius 1 is 1.42 bits per heavy atom. The zero-order valence-corrected chi connectivity index (χ0v) is 8.80. The highest BCUT2D eigenvalue weighted by Gasteiger charge is 2.06. The van der Waals surface area contributed by atoms with Crippen LogP contribution in [0, 0.1) is 5.92 Å². The summed E-state index contributed by atoms with van der Waals surface area (Å²) in [5.41, 5.74) is 5.41. The van der Waals surface area contributed by atoms with Gasteiger partial charge in [0.15, 0.2) is 0 Å². The summed E-state index contributed by atoms with van der Waals surface area (Å²) in [5, 5.41) is 9.29. The van der Waals surface area contributed by atoms with Crippen LogP contribution in [-0.2, 0) is 0 Å². The van der Waals surface area contributed by atoms with Gasteiger partial charge in [0.1, 0.15) is 0 Å². The average molecular weight is 173 g/mol. The highest BCUT2D eigenvalue weighted by atomic mass is 16.3. The zero-order valence-electron chi connectivity index (χ0n) is 8.80. The van der Waals surface area contributed by atoms with Gasteiger partial charge in [0, 0.05) is 12.5 Å². The first-order chi connectivity index (χ1) is 5.76. The largest absolute Gasteiger partial charge is 0.512 e. The Bertz CT molecular complexity index is 106. The summed E-state index contributed by atoms with van der Waals surface area (Å²) in [6.07, 6.45) is 3.61. The van der Waals surface area contributed by atoms with Crippen LogP contribution >= 0.6 is 0 Å². The Balaban J connectivity index is 0. The van der Waals surface area contributed by atoms with Crippen molar-refractivity contribution in [1.82, 2.24) is 0 Å². The second-order valence-corrected chi connectivity index (χ2v) is 2.38. The standard InChI is InChI=1S/C8H17NO.C2H6/c1-3-5-8(10)7(4-2)6-9;1-2/h5,7,10H,3-4,6,9H2,1-2H3;1-2H3/b8-5+;. The highest BCUT2D eigenvalue weighted by Crippen LogP contribution is 2.10. The molecule has 0 aliphatic rings. The van der Waals surface area contributed by atoms with E-state index in [2.05, 4.69) is 0 Å². The molecule has 1 atom stereocenters. The molecule has 0 heterocycles. The molecule has 12 heavy (non-hydrogen) atoms. The molecule has 0 radical (unpaired) electrons. The molecule has 1 unspecified atom stereocenters. The molecule has 0 bridgehead atoms. The van der Waals surface area contributed by atoms with Gasteiger partial charge >= 0.3 is 0 Å². The number of allylic oxidation sites excluding steroid dienone is 1. The van der Waals surface area contributed by atoms with E-state index in [-0.39, 0.29) is 5.92 Å². The number of aliphatic hydroxyl groups is 1. The molecule has 0 saturated heterocycles. The molecule has 3 N–H and O–H groups in total. The SMILES string of the molecule is CC.CC/C=C(/O)C(CC)CN. The summed E-state index contributed by atoms with van der Waals surface area (Å²) >= 11 is 0. The maximum atomic E-state index is 9.29. The van der Waals surface area contributed by atoms with Crippen molar-refractivity contribution in [3.8, 4) is 0 Å². The van der Waals surface area contributed by atoms with E-state index in [1.807, 2.05) is 33.8 Å². The van der Waals surface area contributed by atoms with E-state index in [9.17, 15) is 5.11 Å². The maximum absolute atomic E-state index is 9.29. The fraction of sp³-hybridized carbons (Fsp3) is 0.800.